The number of hydrogen-bond acceptors (Lipinski definition) is 3. The first kappa shape index (κ1) is 14.1. The van der Waals surface area contributed by atoms with Crippen LogP contribution in [-0.4, -0.2) is 22.5 Å². The van der Waals surface area contributed by atoms with E-state index in [4.69, 9.17) is 0 Å². The molecule has 1 amide bonds. The van der Waals surface area contributed by atoms with Crippen molar-refractivity contribution in [2.24, 2.45) is 0 Å². The van der Waals surface area contributed by atoms with Gasteiger partial charge in [0.25, 0.3) is 0 Å². The fraction of sp³-hybridized carbons (Fsp3) is 0.353. The van der Waals surface area contributed by atoms with Crippen LogP contribution >= 0.6 is 11.3 Å². The quantitative estimate of drug-likeness (QED) is 0.934. The van der Waals surface area contributed by atoms with Crippen molar-refractivity contribution in [3.8, 4) is 5.75 Å². The molecule has 1 aromatic carbocycles. The Kier molecular flexibility index (Phi) is 4.25. The van der Waals surface area contributed by atoms with Crippen LogP contribution in [0.25, 0.3) is 0 Å². The van der Waals surface area contributed by atoms with E-state index in [-0.39, 0.29) is 17.7 Å². The Morgan fingerprint density at radius 2 is 2.19 bits per heavy atom. The molecule has 0 unspecified atom stereocenters. The molecule has 2 aromatic rings. The van der Waals surface area contributed by atoms with Crippen LogP contribution in [0.5, 0.6) is 5.75 Å². The predicted octanol–water partition coefficient (Wildman–Crippen LogP) is 3.75. The number of carbonyl (C=O) groups excluding carboxylic acids is 1. The second kappa shape index (κ2) is 6.31. The molecule has 1 atom stereocenters. The normalized spacial score (nSPS) is 18.1. The number of hydrogen-bond donors (Lipinski definition) is 1. The van der Waals surface area contributed by atoms with Crippen LogP contribution in [0.1, 0.15) is 36.4 Å². The monoisotopic (exact) mass is 301 g/mol. The summed E-state index contributed by atoms with van der Waals surface area (Å²) in [4.78, 5) is 14.5. The molecule has 0 aliphatic carbocycles. The maximum atomic E-state index is 12.5. The Balaban J connectivity index is 1.64. The van der Waals surface area contributed by atoms with Crippen molar-refractivity contribution in [3.05, 3.63) is 52.2 Å². The minimum absolute atomic E-state index is 0.187. The van der Waals surface area contributed by atoms with Gasteiger partial charge in [-0.05, 0) is 53.3 Å². The average molecular weight is 301 g/mol. The summed E-state index contributed by atoms with van der Waals surface area (Å²) in [5, 5.41) is 14.0. The smallest absolute Gasteiger partial charge is 0.223 e. The molecular formula is C17H19NO2S. The van der Waals surface area contributed by atoms with Crippen molar-refractivity contribution in [1.29, 1.82) is 0 Å². The third-order valence-electron chi connectivity index (χ3n) is 4.10. The van der Waals surface area contributed by atoms with Crippen LogP contribution in [0.4, 0.5) is 0 Å². The lowest BCUT2D eigenvalue weighted by atomic mass is 10.1. The SMILES string of the molecule is O=C(CCc1ccccc1O)N1CCC[C@@H]1c1ccsc1. The second-order valence-electron chi connectivity index (χ2n) is 5.43. The van der Waals surface area contributed by atoms with Crippen LogP contribution in [0.2, 0.25) is 0 Å². The molecule has 1 aliphatic rings. The first-order valence-corrected chi connectivity index (χ1v) is 8.28. The van der Waals surface area contributed by atoms with Gasteiger partial charge in [0.1, 0.15) is 5.75 Å². The van der Waals surface area contributed by atoms with Crippen LogP contribution in [0, 0.1) is 0 Å². The Hall–Kier alpha value is -1.81. The highest BCUT2D eigenvalue weighted by Gasteiger charge is 2.29. The van der Waals surface area contributed by atoms with Gasteiger partial charge in [-0.3, -0.25) is 4.79 Å². The van der Waals surface area contributed by atoms with Gasteiger partial charge in [0.05, 0.1) is 6.04 Å². The van der Waals surface area contributed by atoms with Gasteiger partial charge in [-0.2, -0.15) is 11.3 Å². The molecule has 0 bridgehead atoms. The van der Waals surface area contributed by atoms with Crippen LogP contribution < -0.4 is 0 Å². The van der Waals surface area contributed by atoms with E-state index in [0.717, 1.165) is 24.9 Å². The van der Waals surface area contributed by atoms with Crippen molar-refractivity contribution in [1.82, 2.24) is 4.90 Å². The number of carbonyl (C=O) groups is 1. The first-order valence-electron chi connectivity index (χ1n) is 7.34. The first-order chi connectivity index (χ1) is 10.3. The zero-order valence-electron chi connectivity index (χ0n) is 11.9. The number of aromatic hydroxyl groups is 1. The Bertz CT molecular complexity index is 609. The maximum absolute atomic E-state index is 12.5. The summed E-state index contributed by atoms with van der Waals surface area (Å²) in [5.74, 6) is 0.466. The molecule has 3 nitrogen and oxygen atoms in total. The topological polar surface area (TPSA) is 40.5 Å². The van der Waals surface area contributed by atoms with Gasteiger partial charge in [-0.25, -0.2) is 0 Å². The molecule has 0 radical (unpaired) electrons. The minimum atomic E-state index is 0.187. The number of amides is 1. The summed E-state index contributed by atoms with van der Waals surface area (Å²) in [6, 6.07) is 9.60. The van der Waals surface area contributed by atoms with Gasteiger partial charge < -0.3 is 10.0 Å². The van der Waals surface area contributed by atoms with Crippen LogP contribution in [-0.2, 0) is 11.2 Å². The number of thiophene rings is 1. The molecule has 3 rings (SSSR count). The zero-order valence-corrected chi connectivity index (χ0v) is 12.7. The molecule has 0 spiro atoms. The van der Waals surface area contributed by atoms with E-state index >= 15 is 0 Å². The van der Waals surface area contributed by atoms with Crippen LogP contribution in [0.15, 0.2) is 41.1 Å². The van der Waals surface area contributed by atoms with Crippen molar-refractivity contribution < 1.29 is 9.90 Å². The molecule has 1 aromatic heterocycles. The van der Waals surface area contributed by atoms with Gasteiger partial charge in [0, 0.05) is 13.0 Å². The molecule has 1 N–H and O–H groups in total. The Morgan fingerprint density at radius 1 is 1.33 bits per heavy atom. The molecule has 1 fully saturated rings. The van der Waals surface area contributed by atoms with E-state index < -0.39 is 0 Å². The largest absolute Gasteiger partial charge is 0.508 e. The number of nitrogens with zero attached hydrogens (tertiary/aromatic N) is 1. The van der Waals surface area contributed by atoms with E-state index in [1.165, 1.54) is 5.56 Å². The van der Waals surface area contributed by atoms with Crippen molar-refractivity contribution in [2.45, 2.75) is 31.7 Å². The van der Waals surface area contributed by atoms with Gasteiger partial charge >= 0.3 is 0 Å². The summed E-state index contributed by atoms with van der Waals surface area (Å²) in [5.41, 5.74) is 2.10. The third kappa shape index (κ3) is 3.10. The van der Waals surface area contributed by atoms with Crippen molar-refractivity contribution >= 4 is 17.2 Å². The second-order valence-corrected chi connectivity index (χ2v) is 6.21. The van der Waals surface area contributed by atoms with E-state index in [2.05, 4.69) is 16.8 Å². The standard InChI is InChI=1S/C17H19NO2S/c19-16-6-2-1-4-13(16)7-8-17(20)18-10-3-5-15(18)14-9-11-21-12-14/h1-2,4,6,9,11-12,15,19H,3,5,7-8,10H2/t15-/m1/s1. The minimum Gasteiger partial charge on any atom is -0.508 e. The van der Waals surface area contributed by atoms with E-state index in [0.29, 0.717) is 12.8 Å². The van der Waals surface area contributed by atoms with Crippen molar-refractivity contribution in [2.75, 3.05) is 6.54 Å². The van der Waals surface area contributed by atoms with Gasteiger partial charge in [0.15, 0.2) is 0 Å². The predicted molar refractivity (Wildman–Crippen MR) is 84.4 cm³/mol. The molecular weight excluding hydrogens is 282 g/mol. The Labute approximate surface area is 128 Å². The Morgan fingerprint density at radius 3 is 2.95 bits per heavy atom. The lowest BCUT2D eigenvalue weighted by Gasteiger charge is -2.24. The van der Waals surface area contributed by atoms with Crippen molar-refractivity contribution in [3.63, 3.8) is 0 Å². The summed E-state index contributed by atoms with van der Waals surface area (Å²) in [6.45, 7) is 0.847. The fourth-order valence-electron chi connectivity index (χ4n) is 2.98. The number of rotatable bonds is 4. The maximum Gasteiger partial charge on any atom is 0.223 e. The number of likely N-dealkylation sites (tertiary alicyclic amines) is 1. The number of para-hydroxylation sites is 1. The molecule has 2 heterocycles. The summed E-state index contributed by atoms with van der Waals surface area (Å²) in [7, 11) is 0. The number of phenols is 1. The third-order valence-corrected chi connectivity index (χ3v) is 4.80. The fourth-order valence-corrected chi connectivity index (χ4v) is 3.69. The number of benzene rings is 1. The van der Waals surface area contributed by atoms with Crippen LogP contribution in [0.3, 0.4) is 0 Å². The molecule has 0 saturated carbocycles. The van der Waals surface area contributed by atoms with E-state index in [1.807, 2.05) is 17.0 Å². The molecule has 1 saturated heterocycles. The molecule has 1 aliphatic heterocycles. The van der Waals surface area contributed by atoms with Gasteiger partial charge in [-0.1, -0.05) is 18.2 Å². The lowest BCUT2D eigenvalue weighted by Crippen LogP contribution is -2.30. The highest BCUT2D eigenvalue weighted by atomic mass is 32.1. The van der Waals surface area contributed by atoms with E-state index in [9.17, 15) is 9.90 Å². The van der Waals surface area contributed by atoms with E-state index in [1.54, 1.807) is 23.5 Å². The highest BCUT2D eigenvalue weighted by molar-refractivity contribution is 7.07. The average Bonchev–Trinajstić information content (AvgIpc) is 3.16. The molecule has 21 heavy (non-hydrogen) atoms. The lowest BCUT2D eigenvalue weighted by molar-refractivity contribution is -0.132. The molecule has 4 heteroatoms. The summed E-state index contributed by atoms with van der Waals surface area (Å²) >= 11 is 1.68. The number of phenolic OH excluding ortho intramolecular Hbond substituents is 1. The van der Waals surface area contributed by atoms with Gasteiger partial charge in [0.2, 0.25) is 5.91 Å². The van der Waals surface area contributed by atoms with Gasteiger partial charge in [-0.15, -0.1) is 0 Å². The number of aryl methyl sites for hydroxylation is 1. The molecule has 110 valence electrons. The summed E-state index contributed by atoms with van der Waals surface area (Å²) in [6.07, 6.45) is 3.18. The highest BCUT2D eigenvalue weighted by Crippen LogP contribution is 2.33. The summed E-state index contributed by atoms with van der Waals surface area (Å²) < 4.78 is 0. The zero-order chi connectivity index (χ0) is 14.7.